The molecule has 0 saturated carbocycles. The summed E-state index contributed by atoms with van der Waals surface area (Å²) in [7, 11) is 0. The summed E-state index contributed by atoms with van der Waals surface area (Å²) >= 11 is 7.25. The minimum atomic E-state index is -1.13. The highest BCUT2D eigenvalue weighted by Gasteiger charge is 2.54. The lowest BCUT2D eigenvalue weighted by Gasteiger charge is -2.49. The molecule has 0 spiro atoms. The molecule has 1 saturated heterocycles. The van der Waals surface area contributed by atoms with Crippen LogP contribution >= 0.6 is 58.0 Å². The first-order valence-corrected chi connectivity index (χ1v) is 14.2. The number of thioether (sulfide) groups is 3. The van der Waals surface area contributed by atoms with Crippen LogP contribution in [-0.2, 0) is 14.4 Å². The number of aliphatic carboxylic acids is 1. The van der Waals surface area contributed by atoms with Crippen molar-refractivity contribution in [2.45, 2.75) is 27.9 Å². The molecular formula is C18H18N4O4S5. The van der Waals surface area contributed by atoms with Gasteiger partial charge in [-0.3, -0.25) is 14.5 Å². The number of β-lactam (4-membered cyclic amide) rings is 1. The van der Waals surface area contributed by atoms with E-state index in [1.54, 1.807) is 0 Å². The molecule has 0 bridgehead atoms. The minimum absolute atomic E-state index is 0.0206. The number of hydrogen-bond acceptors (Lipinski definition) is 10. The average molecular weight is 515 g/mol. The van der Waals surface area contributed by atoms with Gasteiger partial charge in [0, 0.05) is 11.5 Å². The number of nitrogens with zero attached hydrogens (tertiary/aromatic N) is 3. The van der Waals surface area contributed by atoms with Crippen LogP contribution in [0.25, 0.3) is 0 Å². The summed E-state index contributed by atoms with van der Waals surface area (Å²) in [5, 5.41) is 24.5. The van der Waals surface area contributed by atoms with Crippen LogP contribution in [0, 0.1) is 6.92 Å². The molecule has 2 N–H and O–H groups in total. The van der Waals surface area contributed by atoms with Gasteiger partial charge in [-0.05, 0) is 41.1 Å². The second kappa shape index (κ2) is 9.53. The van der Waals surface area contributed by atoms with Crippen molar-refractivity contribution in [2.75, 3.05) is 17.8 Å². The van der Waals surface area contributed by atoms with Crippen molar-refractivity contribution in [1.29, 1.82) is 0 Å². The Labute approximate surface area is 199 Å². The number of amides is 2. The van der Waals surface area contributed by atoms with Crippen molar-refractivity contribution in [1.82, 2.24) is 20.4 Å². The number of thiophene rings is 1. The molecule has 2 unspecified atom stereocenters. The van der Waals surface area contributed by atoms with Gasteiger partial charge in [0.15, 0.2) is 4.34 Å². The predicted molar refractivity (Wildman–Crippen MR) is 126 cm³/mol. The van der Waals surface area contributed by atoms with Gasteiger partial charge in [-0.25, -0.2) is 4.79 Å². The maximum Gasteiger partial charge on any atom is 0.352 e. The number of aromatic nitrogens is 2. The summed E-state index contributed by atoms with van der Waals surface area (Å²) in [4.78, 5) is 38.9. The van der Waals surface area contributed by atoms with Crippen molar-refractivity contribution in [3.63, 3.8) is 0 Å². The van der Waals surface area contributed by atoms with Crippen LogP contribution in [0.1, 0.15) is 15.8 Å². The number of aryl methyl sites for hydroxylation is 1. The lowest BCUT2D eigenvalue weighted by atomic mass is 10.0. The second-order valence-electron chi connectivity index (χ2n) is 6.70. The number of hydrogen-bond donors (Lipinski definition) is 2. The van der Waals surface area contributed by atoms with Crippen LogP contribution in [0.15, 0.2) is 32.4 Å². The summed E-state index contributed by atoms with van der Waals surface area (Å²) < 4.78 is 0.762. The number of carboxylic acid groups (broad SMARTS) is 1. The van der Waals surface area contributed by atoms with Crippen LogP contribution in [0.2, 0.25) is 0 Å². The third-order valence-corrected chi connectivity index (χ3v) is 9.80. The summed E-state index contributed by atoms with van der Waals surface area (Å²) in [6, 6.07) is 1.17. The van der Waals surface area contributed by atoms with Crippen LogP contribution in [-0.4, -0.2) is 67.2 Å². The monoisotopic (exact) mass is 514 g/mol. The van der Waals surface area contributed by atoms with Gasteiger partial charge < -0.3 is 10.4 Å². The van der Waals surface area contributed by atoms with E-state index in [-0.39, 0.29) is 17.5 Å². The largest absolute Gasteiger partial charge is 0.477 e. The van der Waals surface area contributed by atoms with Crippen LogP contribution < -0.4 is 5.32 Å². The van der Waals surface area contributed by atoms with Gasteiger partial charge in [0.05, 0.1) is 0 Å². The summed E-state index contributed by atoms with van der Waals surface area (Å²) in [5.74, 6) is -0.860. The van der Waals surface area contributed by atoms with Crippen molar-refractivity contribution < 1.29 is 19.5 Å². The molecule has 31 heavy (non-hydrogen) atoms. The molecule has 2 aromatic heterocycles. The molecule has 2 aliphatic rings. The normalized spacial score (nSPS) is 21.5. The zero-order valence-corrected chi connectivity index (χ0v) is 20.5. The topological polar surface area (TPSA) is 112 Å². The molecule has 1 fully saturated rings. The Balaban J connectivity index is 1.46. The molecule has 0 aliphatic carbocycles. The van der Waals surface area contributed by atoms with Gasteiger partial charge in [0.2, 0.25) is 5.91 Å². The molecule has 2 aliphatic heterocycles. The lowest BCUT2D eigenvalue weighted by Crippen LogP contribution is -2.70. The zero-order chi connectivity index (χ0) is 22.1. The van der Waals surface area contributed by atoms with E-state index in [4.69, 9.17) is 0 Å². The quantitative estimate of drug-likeness (QED) is 0.406. The SMILES string of the molecule is CSC(C(=O)NC1C(=O)N2C(C(=O)O)=C(CSc3nnc(C)s3)CS[C@@H]12)c1ccsc1. The van der Waals surface area contributed by atoms with Gasteiger partial charge in [-0.1, -0.05) is 23.1 Å². The fraction of sp³-hybridized carbons (Fsp3) is 0.389. The number of nitrogens with one attached hydrogen (secondary N) is 1. The average Bonchev–Trinajstić information content (AvgIpc) is 3.42. The predicted octanol–water partition coefficient (Wildman–Crippen LogP) is 2.84. The van der Waals surface area contributed by atoms with Gasteiger partial charge >= 0.3 is 5.97 Å². The Bertz CT molecular complexity index is 1040. The Morgan fingerprint density at radius 2 is 2.23 bits per heavy atom. The molecule has 13 heteroatoms. The fourth-order valence-electron chi connectivity index (χ4n) is 3.33. The molecular weight excluding hydrogens is 497 g/mol. The highest BCUT2D eigenvalue weighted by atomic mass is 32.2. The third-order valence-electron chi connectivity index (χ3n) is 4.74. The molecule has 0 aromatic carbocycles. The number of carboxylic acids is 1. The smallest absolute Gasteiger partial charge is 0.352 e. The minimum Gasteiger partial charge on any atom is -0.477 e. The third kappa shape index (κ3) is 4.51. The highest BCUT2D eigenvalue weighted by molar-refractivity contribution is 8.02. The maximum absolute atomic E-state index is 12.8. The summed E-state index contributed by atoms with van der Waals surface area (Å²) in [5.41, 5.74) is 1.59. The second-order valence-corrected chi connectivity index (χ2v) is 11.9. The van der Waals surface area contributed by atoms with Crippen LogP contribution in [0.5, 0.6) is 0 Å². The van der Waals surface area contributed by atoms with E-state index in [1.807, 2.05) is 30.0 Å². The molecule has 164 valence electrons. The molecule has 4 heterocycles. The van der Waals surface area contributed by atoms with E-state index in [9.17, 15) is 19.5 Å². The summed E-state index contributed by atoms with van der Waals surface area (Å²) in [6.45, 7) is 1.86. The number of carbonyl (C=O) groups is 3. The highest BCUT2D eigenvalue weighted by Crippen LogP contribution is 2.42. The van der Waals surface area contributed by atoms with Crippen molar-refractivity contribution in [3.05, 3.63) is 38.7 Å². The van der Waals surface area contributed by atoms with Crippen LogP contribution in [0.4, 0.5) is 0 Å². The summed E-state index contributed by atoms with van der Waals surface area (Å²) in [6.07, 6.45) is 1.85. The van der Waals surface area contributed by atoms with Crippen molar-refractivity contribution in [3.8, 4) is 0 Å². The van der Waals surface area contributed by atoms with Gasteiger partial charge in [-0.2, -0.15) is 11.3 Å². The first-order chi connectivity index (χ1) is 14.9. The van der Waals surface area contributed by atoms with Crippen molar-refractivity contribution >= 4 is 75.7 Å². The molecule has 4 rings (SSSR count). The van der Waals surface area contributed by atoms with Gasteiger partial charge in [-0.15, -0.1) is 33.7 Å². The standard InChI is InChI=1S/C18H18N4O4S5/c1-8-20-21-18(31-8)30-7-10-6-29-16-11(15(24)22(16)12(10)17(25)26)19-14(23)13(27-2)9-3-4-28-5-9/h3-5,11,13,16H,6-7H2,1-2H3,(H,19,23)(H,25,26)/t11?,13?,16-/m0/s1. The van der Waals surface area contributed by atoms with Crippen LogP contribution in [0.3, 0.4) is 0 Å². The van der Waals surface area contributed by atoms with E-state index in [1.165, 1.54) is 62.9 Å². The lowest BCUT2D eigenvalue weighted by molar-refractivity contribution is -0.150. The number of fused-ring (bicyclic) bond motifs is 1. The Morgan fingerprint density at radius 1 is 1.42 bits per heavy atom. The van der Waals surface area contributed by atoms with E-state index in [0.29, 0.717) is 17.1 Å². The van der Waals surface area contributed by atoms with Gasteiger partial charge in [0.25, 0.3) is 5.91 Å². The molecule has 8 nitrogen and oxygen atoms in total. The number of carbonyl (C=O) groups excluding carboxylic acids is 2. The Hall–Kier alpha value is -1.54. The Morgan fingerprint density at radius 3 is 2.84 bits per heavy atom. The number of rotatable bonds is 8. The van der Waals surface area contributed by atoms with E-state index in [2.05, 4.69) is 15.5 Å². The fourth-order valence-corrected chi connectivity index (χ4v) is 8.10. The Kier molecular flexibility index (Phi) is 6.96. The molecule has 2 amide bonds. The molecule has 3 atom stereocenters. The maximum atomic E-state index is 12.8. The first-order valence-electron chi connectivity index (χ1n) is 9.09. The zero-order valence-electron chi connectivity index (χ0n) is 16.4. The van der Waals surface area contributed by atoms with E-state index < -0.39 is 22.6 Å². The van der Waals surface area contributed by atoms with Gasteiger partial charge in [0.1, 0.15) is 27.4 Å². The molecule has 0 radical (unpaired) electrons. The van der Waals surface area contributed by atoms with E-state index >= 15 is 0 Å². The van der Waals surface area contributed by atoms with E-state index in [0.717, 1.165) is 14.9 Å². The van der Waals surface area contributed by atoms with Crippen molar-refractivity contribution in [2.24, 2.45) is 0 Å². The molecule has 2 aromatic rings. The first kappa shape index (κ1) is 22.6.